The molecule has 2 atom stereocenters. The van der Waals surface area contributed by atoms with Crippen LogP contribution < -0.4 is 5.73 Å². The molecule has 26 heavy (non-hydrogen) atoms. The minimum absolute atomic E-state index is 0.0318. The summed E-state index contributed by atoms with van der Waals surface area (Å²) in [6, 6.07) is 7.43. The number of para-hydroxylation sites is 2. The van der Waals surface area contributed by atoms with Gasteiger partial charge in [0.2, 0.25) is 5.91 Å². The van der Waals surface area contributed by atoms with Crippen molar-refractivity contribution in [2.24, 2.45) is 11.7 Å². The highest BCUT2D eigenvalue weighted by atomic mass is 32.2. The quantitative estimate of drug-likeness (QED) is 0.842. The molecule has 0 spiro atoms. The van der Waals surface area contributed by atoms with Crippen molar-refractivity contribution < 1.29 is 13.2 Å². The summed E-state index contributed by atoms with van der Waals surface area (Å²) < 4.78 is 25.3. The average Bonchev–Trinajstić information content (AvgIpc) is 2.90. The number of hydrogen-bond acceptors (Lipinski definition) is 5. The number of piperidine rings is 1. The van der Waals surface area contributed by atoms with Crippen LogP contribution in [0.1, 0.15) is 25.6 Å². The Hall–Kier alpha value is -1.93. The van der Waals surface area contributed by atoms with E-state index in [1.807, 2.05) is 29.2 Å². The summed E-state index contributed by atoms with van der Waals surface area (Å²) in [6.45, 7) is 3.33. The number of amides is 1. The lowest BCUT2D eigenvalue weighted by atomic mass is 9.91. The zero-order valence-electron chi connectivity index (χ0n) is 15.3. The fourth-order valence-corrected chi connectivity index (χ4v) is 4.48. The van der Waals surface area contributed by atoms with Gasteiger partial charge in [-0.15, -0.1) is 0 Å². The molecule has 2 N–H and O–H groups in total. The second-order valence-corrected chi connectivity index (χ2v) is 9.32. The molecule has 1 aliphatic rings. The number of likely N-dealkylation sites (tertiary alicyclic amines) is 1. The van der Waals surface area contributed by atoms with Crippen molar-refractivity contribution in [1.82, 2.24) is 14.5 Å². The predicted molar refractivity (Wildman–Crippen MR) is 101 cm³/mol. The molecule has 0 saturated carbocycles. The van der Waals surface area contributed by atoms with Crippen LogP contribution in [0.3, 0.4) is 0 Å². The molecule has 1 fully saturated rings. The van der Waals surface area contributed by atoms with Crippen molar-refractivity contribution in [3.8, 4) is 0 Å². The third-order valence-electron chi connectivity index (χ3n) is 5.10. The van der Waals surface area contributed by atoms with Gasteiger partial charge in [0.05, 0.1) is 11.0 Å². The van der Waals surface area contributed by atoms with Crippen molar-refractivity contribution in [2.75, 3.05) is 19.3 Å². The number of nitrogens with two attached hydrogens (primary N) is 1. The van der Waals surface area contributed by atoms with E-state index in [0.29, 0.717) is 30.3 Å². The number of aromatic nitrogens is 2. The minimum Gasteiger partial charge on any atom is -0.337 e. The number of fused-ring (bicyclic) bond motifs is 1. The van der Waals surface area contributed by atoms with Gasteiger partial charge in [-0.05, 0) is 30.9 Å². The van der Waals surface area contributed by atoms with E-state index in [2.05, 4.69) is 11.9 Å². The predicted octanol–water partition coefficient (Wildman–Crippen LogP) is 1.17. The van der Waals surface area contributed by atoms with Crippen LogP contribution >= 0.6 is 0 Å². The van der Waals surface area contributed by atoms with Crippen LogP contribution in [-0.2, 0) is 26.9 Å². The third kappa shape index (κ3) is 3.91. The van der Waals surface area contributed by atoms with Gasteiger partial charge in [0, 0.05) is 25.4 Å². The molecule has 2 aromatic rings. The Bertz CT molecular complexity index is 906. The largest absolute Gasteiger partial charge is 0.337 e. The van der Waals surface area contributed by atoms with Gasteiger partial charge in [0.15, 0.2) is 9.84 Å². The topological polar surface area (TPSA) is 98.3 Å². The molecule has 8 heteroatoms. The van der Waals surface area contributed by atoms with E-state index in [-0.39, 0.29) is 24.2 Å². The Morgan fingerprint density at radius 2 is 2.08 bits per heavy atom. The summed E-state index contributed by atoms with van der Waals surface area (Å²) in [7, 11) is -3.26. The highest BCUT2D eigenvalue weighted by Gasteiger charge is 2.31. The maximum absolute atomic E-state index is 13.0. The molecule has 0 unspecified atom stereocenters. The Balaban J connectivity index is 1.94. The first-order valence-electron chi connectivity index (χ1n) is 8.91. The standard InChI is InChI=1S/C18H26N4O3S/c1-13-6-5-9-21(16(13)10-19)18(23)11-22-15-8-4-3-7-14(15)20-17(22)12-26(2,24)25/h3-4,7-8,13,16H,5-6,9-12,19H2,1-2H3/t13-,16+/m0/s1. The summed E-state index contributed by atoms with van der Waals surface area (Å²) >= 11 is 0. The molecule has 0 aliphatic carbocycles. The monoisotopic (exact) mass is 378 g/mol. The molecular weight excluding hydrogens is 352 g/mol. The van der Waals surface area contributed by atoms with E-state index >= 15 is 0 Å². The number of rotatable bonds is 5. The SMILES string of the molecule is C[C@H]1CCCN(C(=O)Cn2c(CS(C)(=O)=O)nc3ccccc32)[C@@H]1CN. The first kappa shape index (κ1) is 18.8. The maximum atomic E-state index is 13.0. The van der Waals surface area contributed by atoms with Crippen LogP contribution in [0.2, 0.25) is 0 Å². The molecule has 1 aliphatic heterocycles. The fraction of sp³-hybridized carbons (Fsp3) is 0.556. The highest BCUT2D eigenvalue weighted by Crippen LogP contribution is 2.24. The molecule has 1 aromatic heterocycles. The van der Waals surface area contributed by atoms with E-state index in [1.54, 1.807) is 4.57 Å². The van der Waals surface area contributed by atoms with Gasteiger partial charge in [0.25, 0.3) is 0 Å². The Labute approximate surface area is 154 Å². The normalized spacial score (nSPS) is 21.3. The number of imidazole rings is 1. The summed E-state index contributed by atoms with van der Waals surface area (Å²) in [6.07, 6.45) is 3.21. The molecular formula is C18H26N4O3S. The third-order valence-corrected chi connectivity index (χ3v) is 5.88. The first-order chi connectivity index (χ1) is 12.3. The van der Waals surface area contributed by atoms with Gasteiger partial charge < -0.3 is 15.2 Å². The van der Waals surface area contributed by atoms with Gasteiger partial charge in [-0.1, -0.05) is 19.1 Å². The zero-order valence-corrected chi connectivity index (χ0v) is 16.1. The number of benzene rings is 1. The van der Waals surface area contributed by atoms with Gasteiger partial charge in [-0.2, -0.15) is 0 Å². The van der Waals surface area contributed by atoms with E-state index in [9.17, 15) is 13.2 Å². The average molecular weight is 378 g/mol. The number of carbonyl (C=O) groups excluding carboxylic acids is 1. The van der Waals surface area contributed by atoms with Crippen LogP contribution in [0.25, 0.3) is 11.0 Å². The van der Waals surface area contributed by atoms with Gasteiger partial charge in [-0.3, -0.25) is 4.79 Å². The zero-order chi connectivity index (χ0) is 18.9. The number of carbonyl (C=O) groups is 1. The molecule has 142 valence electrons. The van der Waals surface area contributed by atoms with Gasteiger partial charge >= 0.3 is 0 Å². The van der Waals surface area contributed by atoms with Crippen LogP contribution in [0.15, 0.2) is 24.3 Å². The summed E-state index contributed by atoms with van der Waals surface area (Å²) in [5.74, 6) is 0.542. The second kappa shape index (κ2) is 7.36. The lowest BCUT2D eigenvalue weighted by Crippen LogP contribution is -2.52. The Morgan fingerprint density at radius 1 is 1.35 bits per heavy atom. The number of hydrogen-bond donors (Lipinski definition) is 1. The molecule has 1 aromatic carbocycles. The van der Waals surface area contributed by atoms with E-state index in [0.717, 1.165) is 18.4 Å². The Morgan fingerprint density at radius 3 is 2.77 bits per heavy atom. The maximum Gasteiger partial charge on any atom is 0.242 e. The molecule has 7 nitrogen and oxygen atoms in total. The van der Waals surface area contributed by atoms with Gasteiger partial charge in [0.1, 0.15) is 18.1 Å². The Kier molecular flexibility index (Phi) is 5.34. The molecule has 1 amide bonds. The molecule has 0 radical (unpaired) electrons. The first-order valence-corrected chi connectivity index (χ1v) is 11.0. The van der Waals surface area contributed by atoms with Crippen molar-refractivity contribution in [1.29, 1.82) is 0 Å². The van der Waals surface area contributed by atoms with Gasteiger partial charge in [-0.25, -0.2) is 13.4 Å². The number of nitrogens with zero attached hydrogens (tertiary/aromatic N) is 3. The summed E-state index contributed by atoms with van der Waals surface area (Å²) in [5, 5.41) is 0. The van der Waals surface area contributed by atoms with Crippen LogP contribution in [-0.4, -0.2) is 54.2 Å². The summed E-state index contributed by atoms with van der Waals surface area (Å²) in [5.41, 5.74) is 7.37. The molecule has 1 saturated heterocycles. The lowest BCUT2D eigenvalue weighted by Gasteiger charge is -2.39. The van der Waals surface area contributed by atoms with E-state index in [4.69, 9.17) is 5.73 Å². The van der Waals surface area contributed by atoms with Crippen molar-refractivity contribution in [3.63, 3.8) is 0 Å². The van der Waals surface area contributed by atoms with Crippen LogP contribution in [0, 0.1) is 5.92 Å². The minimum atomic E-state index is -3.26. The highest BCUT2D eigenvalue weighted by molar-refractivity contribution is 7.89. The van der Waals surface area contributed by atoms with Crippen molar-refractivity contribution >= 4 is 26.8 Å². The molecule has 0 bridgehead atoms. The van der Waals surface area contributed by atoms with E-state index in [1.165, 1.54) is 6.26 Å². The second-order valence-electron chi connectivity index (χ2n) is 7.18. The van der Waals surface area contributed by atoms with E-state index < -0.39 is 9.84 Å². The van der Waals surface area contributed by atoms with Crippen molar-refractivity contribution in [2.45, 2.75) is 38.1 Å². The summed E-state index contributed by atoms with van der Waals surface area (Å²) in [4.78, 5) is 19.3. The lowest BCUT2D eigenvalue weighted by molar-refractivity contribution is -0.136. The number of sulfone groups is 1. The van der Waals surface area contributed by atoms with Crippen LogP contribution in [0.5, 0.6) is 0 Å². The molecule has 2 heterocycles. The van der Waals surface area contributed by atoms with Crippen LogP contribution in [0.4, 0.5) is 0 Å². The fourth-order valence-electron chi connectivity index (χ4n) is 3.79. The molecule has 3 rings (SSSR count). The van der Waals surface area contributed by atoms with Crippen molar-refractivity contribution in [3.05, 3.63) is 30.1 Å². The smallest absolute Gasteiger partial charge is 0.242 e.